The Hall–Kier alpha value is -1.39. The summed E-state index contributed by atoms with van der Waals surface area (Å²) in [5, 5.41) is 0. The summed E-state index contributed by atoms with van der Waals surface area (Å²) in [6.07, 6.45) is 3.02. The molecule has 0 unspecified atom stereocenters. The van der Waals surface area contributed by atoms with E-state index in [1.807, 2.05) is 0 Å². The highest BCUT2D eigenvalue weighted by atomic mass is 16.5. The van der Waals surface area contributed by atoms with Crippen molar-refractivity contribution in [2.24, 2.45) is 5.92 Å². The van der Waals surface area contributed by atoms with Gasteiger partial charge in [0, 0.05) is 50.2 Å². The molecule has 0 aromatic heterocycles. The van der Waals surface area contributed by atoms with E-state index in [1.54, 1.807) is 0 Å². The number of aldehydes is 1. The number of morpholine rings is 1. The first-order chi connectivity index (χ1) is 10.8. The van der Waals surface area contributed by atoms with Gasteiger partial charge >= 0.3 is 0 Å². The number of benzene rings is 1. The van der Waals surface area contributed by atoms with Gasteiger partial charge in [-0.25, -0.2) is 0 Å². The summed E-state index contributed by atoms with van der Waals surface area (Å²) < 4.78 is 5.42. The minimum atomic E-state index is 0.381. The molecule has 0 spiro atoms. The van der Waals surface area contributed by atoms with Gasteiger partial charge < -0.3 is 19.3 Å². The quantitative estimate of drug-likeness (QED) is 0.775. The number of hydrogen-bond acceptors (Lipinski definition) is 4. The molecule has 22 heavy (non-hydrogen) atoms. The lowest BCUT2D eigenvalue weighted by atomic mass is 9.94. The maximum atomic E-state index is 10.6. The first-order valence-corrected chi connectivity index (χ1v) is 8.41. The standard InChI is InChI=1S/C18H24N2O2/c21-9-1-6-19-13-16-12-18(16,14-19)15-2-4-17(5-3-15)20-7-10-22-11-8-20/h2-5,9,16H,1,6-8,10-14H2/t16-,18+/m0/s1. The summed E-state index contributed by atoms with van der Waals surface area (Å²) in [6, 6.07) is 9.21. The van der Waals surface area contributed by atoms with Crippen LogP contribution in [-0.2, 0) is 14.9 Å². The SMILES string of the molecule is O=CCCN1C[C@@H]2C[C@]2(c2ccc(N3CCOCC3)cc2)C1. The molecule has 1 aliphatic carbocycles. The maximum absolute atomic E-state index is 10.6. The molecule has 1 aromatic carbocycles. The second-order valence-electron chi connectivity index (χ2n) is 6.89. The van der Waals surface area contributed by atoms with Crippen molar-refractivity contribution in [2.45, 2.75) is 18.3 Å². The lowest BCUT2D eigenvalue weighted by Crippen LogP contribution is -2.36. The smallest absolute Gasteiger partial charge is 0.121 e. The first-order valence-electron chi connectivity index (χ1n) is 8.41. The Balaban J connectivity index is 1.44. The van der Waals surface area contributed by atoms with Crippen molar-refractivity contribution < 1.29 is 9.53 Å². The van der Waals surface area contributed by atoms with Gasteiger partial charge in [-0.2, -0.15) is 0 Å². The summed E-state index contributed by atoms with van der Waals surface area (Å²) in [5.41, 5.74) is 3.19. The van der Waals surface area contributed by atoms with Crippen molar-refractivity contribution in [3.8, 4) is 0 Å². The summed E-state index contributed by atoms with van der Waals surface area (Å²) in [4.78, 5) is 15.4. The van der Waals surface area contributed by atoms with Crippen molar-refractivity contribution >= 4 is 12.0 Å². The van der Waals surface area contributed by atoms with Crippen LogP contribution in [0.25, 0.3) is 0 Å². The van der Waals surface area contributed by atoms with Crippen molar-refractivity contribution in [2.75, 3.05) is 50.8 Å². The third kappa shape index (κ3) is 2.44. The Bertz CT molecular complexity index is 539. The number of piperidine rings is 1. The summed E-state index contributed by atoms with van der Waals surface area (Å²) in [6.45, 7) is 6.87. The van der Waals surface area contributed by atoms with E-state index in [9.17, 15) is 4.79 Å². The van der Waals surface area contributed by atoms with E-state index in [4.69, 9.17) is 4.74 Å². The molecule has 2 saturated heterocycles. The van der Waals surface area contributed by atoms with E-state index in [0.717, 1.165) is 51.6 Å². The van der Waals surface area contributed by atoms with Gasteiger partial charge in [-0.05, 0) is 30.0 Å². The molecule has 4 rings (SSSR count). The molecule has 1 saturated carbocycles. The van der Waals surface area contributed by atoms with Gasteiger partial charge in [0.2, 0.25) is 0 Å². The van der Waals surface area contributed by atoms with Crippen LogP contribution >= 0.6 is 0 Å². The molecular formula is C18H24N2O2. The zero-order chi connectivity index (χ0) is 15.0. The van der Waals surface area contributed by atoms with E-state index in [-0.39, 0.29) is 0 Å². The fraction of sp³-hybridized carbons (Fsp3) is 0.611. The molecule has 0 radical (unpaired) electrons. The minimum Gasteiger partial charge on any atom is -0.378 e. The van der Waals surface area contributed by atoms with E-state index in [2.05, 4.69) is 34.1 Å². The average molecular weight is 300 g/mol. The Labute approximate surface area is 132 Å². The largest absolute Gasteiger partial charge is 0.378 e. The molecule has 0 bridgehead atoms. The molecule has 0 amide bonds. The van der Waals surface area contributed by atoms with Crippen LogP contribution in [-0.4, -0.2) is 57.1 Å². The monoisotopic (exact) mass is 300 g/mol. The van der Waals surface area contributed by atoms with Gasteiger partial charge in [-0.15, -0.1) is 0 Å². The van der Waals surface area contributed by atoms with Gasteiger partial charge in [0.15, 0.2) is 0 Å². The molecule has 3 fully saturated rings. The van der Waals surface area contributed by atoms with Crippen LogP contribution in [0.15, 0.2) is 24.3 Å². The summed E-state index contributed by atoms with van der Waals surface area (Å²) in [7, 11) is 0. The van der Waals surface area contributed by atoms with Crippen LogP contribution in [0.3, 0.4) is 0 Å². The maximum Gasteiger partial charge on any atom is 0.121 e. The second-order valence-corrected chi connectivity index (χ2v) is 6.89. The highest BCUT2D eigenvalue weighted by molar-refractivity contribution is 5.51. The summed E-state index contributed by atoms with van der Waals surface area (Å²) >= 11 is 0. The molecule has 118 valence electrons. The topological polar surface area (TPSA) is 32.8 Å². The number of nitrogens with zero attached hydrogens (tertiary/aromatic N) is 2. The molecule has 4 heteroatoms. The van der Waals surface area contributed by atoms with Gasteiger partial charge in [0.1, 0.15) is 6.29 Å². The first kappa shape index (κ1) is 14.2. The number of ether oxygens (including phenoxy) is 1. The fourth-order valence-corrected chi connectivity index (χ4v) is 4.27. The van der Waals surface area contributed by atoms with Gasteiger partial charge in [0.25, 0.3) is 0 Å². The predicted molar refractivity (Wildman–Crippen MR) is 86.4 cm³/mol. The Morgan fingerprint density at radius 2 is 2.00 bits per heavy atom. The van der Waals surface area contributed by atoms with Gasteiger partial charge in [-0.3, -0.25) is 0 Å². The molecule has 2 aliphatic heterocycles. The number of anilines is 1. The number of fused-ring (bicyclic) bond motifs is 1. The lowest BCUT2D eigenvalue weighted by molar-refractivity contribution is -0.108. The third-order valence-corrected chi connectivity index (χ3v) is 5.60. The Morgan fingerprint density at radius 3 is 2.73 bits per heavy atom. The van der Waals surface area contributed by atoms with Crippen LogP contribution in [0.5, 0.6) is 0 Å². The predicted octanol–water partition coefficient (Wildman–Crippen LogP) is 1.69. The van der Waals surface area contributed by atoms with Gasteiger partial charge in [0.05, 0.1) is 13.2 Å². The van der Waals surface area contributed by atoms with Crippen LogP contribution in [0.4, 0.5) is 5.69 Å². The second kappa shape index (κ2) is 5.67. The van der Waals surface area contributed by atoms with Crippen LogP contribution in [0.1, 0.15) is 18.4 Å². The number of likely N-dealkylation sites (tertiary alicyclic amines) is 1. The molecule has 2 atom stereocenters. The lowest BCUT2D eigenvalue weighted by Gasteiger charge is -2.29. The van der Waals surface area contributed by atoms with Crippen LogP contribution in [0.2, 0.25) is 0 Å². The van der Waals surface area contributed by atoms with Crippen molar-refractivity contribution in [1.29, 1.82) is 0 Å². The van der Waals surface area contributed by atoms with E-state index in [1.165, 1.54) is 24.2 Å². The Morgan fingerprint density at radius 1 is 1.23 bits per heavy atom. The van der Waals surface area contributed by atoms with E-state index in [0.29, 0.717) is 11.8 Å². The highest BCUT2D eigenvalue weighted by Crippen LogP contribution is 2.59. The van der Waals surface area contributed by atoms with Crippen molar-refractivity contribution in [1.82, 2.24) is 4.90 Å². The Kier molecular flexibility index (Phi) is 3.66. The number of carbonyl (C=O) groups excluding carboxylic acids is 1. The van der Waals surface area contributed by atoms with Crippen LogP contribution < -0.4 is 4.90 Å². The van der Waals surface area contributed by atoms with E-state index < -0.39 is 0 Å². The normalized spacial score (nSPS) is 31.1. The van der Waals surface area contributed by atoms with Crippen molar-refractivity contribution in [3.63, 3.8) is 0 Å². The number of carbonyl (C=O) groups is 1. The molecule has 3 aliphatic rings. The fourth-order valence-electron chi connectivity index (χ4n) is 4.27. The number of hydrogen-bond donors (Lipinski definition) is 0. The third-order valence-electron chi connectivity index (χ3n) is 5.60. The highest BCUT2D eigenvalue weighted by Gasteiger charge is 2.60. The zero-order valence-corrected chi connectivity index (χ0v) is 13.0. The molecule has 4 nitrogen and oxygen atoms in total. The van der Waals surface area contributed by atoms with Crippen molar-refractivity contribution in [3.05, 3.63) is 29.8 Å². The van der Waals surface area contributed by atoms with Gasteiger partial charge in [-0.1, -0.05) is 12.1 Å². The summed E-state index contributed by atoms with van der Waals surface area (Å²) in [5.74, 6) is 0.799. The average Bonchev–Trinajstić information content (AvgIpc) is 3.16. The molecule has 1 aromatic rings. The number of rotatable bonds is 5. The molecule has 0 N–H and O–H groups in total. The zero-order valence-electron chi connectivity index (χ0n) is 13.0. The molecular weight excluding hydrogens is 276 g/mol. The molecule has 2 heterocycles. The van der Waals surface area contributed by atoms with E-state index >= 15 is 0 Å². The minimum absolute atomic E-state index is 0.381. The van der Waals surface area contributed by atoms with Crippen LogP contribution in [0, 0.1) is 5.92 Å².